The molecule has 2 N–H and O–H groups in total. The van der Waals surface area contributed by atoms with E-state index in [9.17, 15) is 5.11 Å². The topological polar surface area (TPSA) is 68.3 Å². The number of hydrogen-bond acceptors (Lipinski definition) is 5. The number of nitrogens with zero attached hydrogens (tertiary/aromatic N) is 4. The maximum atomic E-state index is 9.54. The summed E-state index contributed by atoms with van der Waals surface area (Å²) in [6.07, 6.45) is 5.35. The van der Waals surface area contributed by atoms with Gasteiger partial charge in [0.05, 0.1) is 5.39 Å². The molecule has 0 spiro atoms. The number of nitrogens with one attached hydrogen (secondary N) is 1. The molecule has 3 aromatic rings. The monoisotopic (exact) mass is 351 g/mol. The molecule has 4 rings (SSSR count). The molecule has 1 fully saturated rings. The molecule has 1 atom stereocenters. The first-order valence-corrected chi connectivity index (χ1v) is 9.27. The molecule has 26 heavy (non-hydrogen) atoms. The van der Waals surface area contributed by atoms with E-state index < -0.39 is 0 Å². The van der Waals surface area contributed by atoms with Crippen molar-refractivity contribution in [1.82, 2.24) is 19.9 Å². The summed E-state index contributed by atoms with van der Waals surface area (Å²) in [5.41, 5.74) is 2.24. The van der Waals surface area contributed by atoms with Gasteiger partial charge in [-0.3, -0.25) is 4.90 Å². The van der Waals surface area contributed by atoms with E-state index in [2.05, 4.69) is 55.1 Å². The zero-order chi connectivity index (χ0) is 17.8. The number of H-pyrrole nitrogens is 1. The summed E-state index contributed by atoms with van der Waals surface area (Å²) >= 11 is 0. The molecule has 0 saturated carbocycles. The predicted octanol–water partition coefficient (Wildman–Crippen LogP) is 2.07. The largest absolute Gasteiger partial charge is 0.396 e. The zero-order valence-electron chi connectivity index (χ0n) is 14.9. The van der Waals surface area contributed by atoms with E-state index in [0.717, 1.165) is 55.9 Å². The zero-order valence-corrected chi connectivity index (χ0v) is 14.9. The quantitative estimate of drug-likeness (QED) is 0.712. The number of aromatic nitrogens is 3. The Morgan fingerprint density at radius 3 is 2.85 bits per heavy atom. The number of piperazine rings is 1. The van der Waals surface area contributed by atoms with Gasteiger partial charge in [0.15, 0.2) is 0 Å². The van der Waals surface area contributed by atoms with Crippen molar-refractivity contribution < 1.29 is 5.11 Å². The lowest BCUT2D eigenvalue weighted by atomic mass is 10.1. The number of anilines is 1. The third-order valence-corrected chi connectivity index (χ3v) is 5.23. The van der Waals surface area contributed by atoms with Gasteiger partial charge in [0.2, 0.25) is 0 Å². The van der Waals surface area contributed by atoms with Crippen LogP contribution in [0.15, 0.2) is 48.9 Å². The smallest absolute Gasteiger partial charge is 0.142 e. The van der Waals surface area contributed by atoms with Crippen LogP contribution in [-0.4, -0.2) is 63.8 Å². The first-order valence-electron chi connectivity index (χ1n) is 9.27. The summed E-state index contributed by atoms with van der Waals surface area (Å²) in [5, 5.41) is 10.6. The van der Waals surface area contributed by atoms with Crippen LogP contribution in [0.4, 0.5) is 5.82 Å². The number of aliphatic hydroxyl groups excluding tert-OH is 1. The van der Waals surface area contributed by atoms with Crippen molar-refractivity contribution >= 4 is 16.9 Å². The van der Waals surface area contributed by atoms with E-state index in [0.29, 0.717) is 6.04 Å². The second-order valence-corrected chi connectivity index (χ2v) is 6.82. The van der Waals surface area contributed by atoms with Gasteiger partial charge in [-0.2, -0.15) is 0 Å². The molecule has 0 bridgehead atoms. The fourth-order valence-corrected chi connectivity index (χ4v) is 3.83. The van der Waals surface area contributed by atoms with E-state index in [4.69, 9.17) is 0 Å². The van der Waals surface area contributed by atoms with Crippen LogP contribution in [0.1, 0.15) is 12.0 Å². The lowest BCUT2D eigenvalue weighted by Gasteiger charge is -2.42. The van der Waals surface area contributed by atoms with Crippen molar-refractivity contribution in [2.45, 2.75) is 18.9 Å². The average molecular weight is 351 g/mol. The first-order chi connectivity index (χ1) is 12.8. The van der Waals surface area contributed by atoms with Gasteiger partial charge >= 0.3 is 0 Å². The normalized spacial score (nSPS) is 18.5. The lowest BCUT2D eigenvalue weighted by Crippen LogP contribution is -2.54. The Hall–Kier alpha value is -2.44. The second kappa shape index (κ2) is 7.85. The Balaban J connectivity index is 1.47. The standard InChI is InChI=1S/C20H25N5O/c26-13-8-17-14-25(20-18-6-9-21-19(18)22-15-23-20)12-11-24(17)10-7-16-4-2-1-3-5-16/h1-6,9,15,17,26H,7-8,10-14H2,(H,21,22,23)/t17-/m0/s1. The minimum Gasteiger partial charge on any atom is -0.396 e. The lowest BCUT2D eigenvalue weighted by molar-refractivity contribution is 0.143. The highest BCUT2D eigenvalue weighted by Crippen LogP contribution is 2.25. The second-order valence-electron chi connectivity index (χ2n) is 6.82. The highest BCUT2D eigenvalue weighted by Gasteiger charge is 2.28. The Bertz CT molecular complexity index is 834. The molecule has 1 aliphatic heterocycles. The van der Waals surface area contributed by atoms with E-state index in [-0.39, 0.29) is 6.61 Å². The Morgan fingerprint density at radius 1 is 1.12 bits per heavy atom. The SMILES string of the molecule is OCC[C@H]1CN(c2ncnc3[nH]ccc23)CCN1CCc1ccccc1. The van der Waals surface area contributed by atoms with Gasteiger partial charge in [-0.05, 0) is 24.5 Å². The number of hydrogen-bond donors (Lipinski definition) is 2. The van der Waals surface area contributed by atoms with Crippen molar-refractivity contribution in [3.05, 3.63) is 54.5 Å². The molecule has 0 aliphatic carbocycles. The molecule has 1 aromatic carbocycles. The third-order valence-electron chi connectivity index (χ3n) is 5.23. The number of aromatic amines is 1. The Kier molecular flexibility index (Phi) is 5.13. The number of benzene rings is 1. The number of aliphatic hydroxyl groups is 1. The molecule has 1 saturated heterocycles. The molecule has 1 aliphatic rings. The maximum Gasteiger partial charge on any atom is 0.142 e. The van der Waals surface area contributed by atoms with E-state index >= 15 is 0 Å². The molecular weight excluding hydrogens is 326 g/mol. The molecule has 6 nitrogen and oxygen atoms in total. The number of fused-ring (bicyclic) bond motifs is 1. The third kappa shape index (κ3) is 3.57. The van der Waals surface area contributed by atoms with E-state index in [1.54, 1.807) is 6.33 Å². The summed E-state index contributed by atoms with van der Waals surface area (Å²) in [6.45, 7) is 4.03. The summed E-state index contributed by atoms with van der Waals surface area (Å²) in [5.74, 6) is 0.988. The van der Waals surface area contributed by atoms with Gasteiger partial charge in [-0.15, -0.1) is 0 Å². The highest BCUT2D eigenvalue weighted by molar-refractivity contribution is 5.87. The average Bonchev–Trinajstić information content (AvgIpc) is 3.17. The van der Waals surface area contributed by atoms with Gasteiger partial charge in [0, 0.05) is 45.0 Å². The van der Waals surface area contributed by atoms with Crippen molar-refractivity contribution in [2.24, 2.45) is 0 Å². The molecular formula is C20H25N5O. The minimum absolute atomic E-state index is 0.212. The van der Waals surface area contributed by atoms with Gasteiger partial charge < -0.3 is 15.0 Å². The summed E-state index contributed by atoms with van der Waals surface area (Å²) < 4.78 is 0. The summed E-state index contributed by atoms with van der Waals surface area (Å²) in [4.78, 5) is 16.8. The van der Waals surface area contributed by atoms with Crippen LogP contribution < -0.4 is 4.90 Å². The van der Waals surface area contributed by atoms with Crippen molar-refractivity contribution in [2.75, 3.05) is 37.7 Å². The predicted molar refractivity (Wildman–Crippen MR) is 103 cm³/mol. The molecule has 2 aromatic heterocycles. The van der Waals surface area contributed by atoms with Crippen molar-refractivity contribution in [3.63, 3.8) is 0 Å². The highest BCUT2D eigenvalue weighted by atomic mass is 16.3. The van der Waals surface area contributed by atoms with Crippen LogP contribution in [0, 0.1) is 0 Å². The first kappa shape index (κ1) is 17.0. The van der Waals surface area contributed by atoms with Gasteiger partial charge in [-0.1, -0.05) is 30.3 Å². The van der Waals surface area contributed by atoms with Crippen LogP contribution in [0.25, 0.3) is 11.0 Å². The van der Waals surface area contributed by atoms with Gasteiger partial charge in [0.25, 0.3) is 0 Å². The van der Waals surface area contributed by atoms with Crippen molar-refractivity contribution in [3.8, 4) is 0 Å². The molecule has 0 radical (unpaired) electrons. The molecule has 6 heteroatoms. The molecule has 3 heterocycles. The van der Waals surface area contributed by atoms with Crippen LogP contribution in [0.3, 0.4) is 0 Å². The van der Waals surface area contributed by atoms with E-state index in [1.165, 1.54) is 5.56 Å². The van der Waals surface area contributed by atoms with Gasteiger partial charge in [-0.25, -0.2) is 9.97 Å². The number of rotatable bonds is 6. The van der Waals surface area contributed by atoms with Crippen molar-refractivity contribution in [1.29, 1.82) is 0 Å². The van der Waals surface area contributed by atoms with Gasteiger partial charge in [0.1, 0.15) is 17.8 Å². The Morgan fingerprint density at radius 2 is 2.00 bits per heavy atom. The summed E-state index contributed by atoms with van der Waals surface area (Å²) in [6, 6.07) is 13.0. The summed E-state index contributed by atoms with van der Waals surface area (Å²) in [7, 11) is 0. The van der Waals surface area contributed by atoms with Crippen LogP contribution in [-0.2, 0) is 6.42 Å². The molecule has 0 unspecified atom stereocenters. The Labute approximate surface area is 153 Å². The fourth-order valence-electron chi connectivity index (χ4n) is 3.83. The maximum absolute atomic E-state index is 9.54. The minimum atomic E-state index is 0.212. The van der Waals surface area contributed by atoms with E-state index in [1.807, 2.05) is 12.3 Å². The molecule has 0 amide bonds. The molecule has 136 valence electrons. The van der Waals surface area contributed by atoms with Crippen LogP contribution in [0.5, 0.6) is 0 Å². The fraction of sp³-hybridized carbons (Fsp3) is 0.400. The van der Waals surface area contributed by atoms with Crippen LogP contribution in [0.2, 0.25) is 0 Å². The van der Waals surface area contributed by atoms with Crippen LogP contribution >= 0.6 is 0 Å².